The summed E-state index contributed by atoms with van der Waals surface area (Å²) in [5.74, 6) is 0.192. The van der Waals surface area contributed by atoms with E-state index >= 15 is 0 Å². The molecule has 0 bridgehead atoms. The number of hydrogen-bond acceptors (Lipinski definition) is 3. The minimum absolute atomic E-state index is 0.0207. The number of alkyl halides is 3. The van der Waals surface area contributed by atoms with E-state index in [1.807, 2.05) is 15.9 Å². The first kappa shape index (κ1) is 23.7. The number of anilines is 1. The first-order valence-corrected chi connectivity index (χ1v) is 12.2. The number of nitrogens with zero attached hydrogens (tertiary/aromatic N) is 2. The summed E-state index contributed by atoms with van der Waals surface area (Å²) in [7, 11) is 0. The van der Waals surface area contributed by atoms with Gasteiger partial charge in [-0.3, -0.25) is 4.79 Å². The van der Waals surface area contributed by atoms with Gasteiger partial charge in [0.05, 0.1) is 5.56 Å². The van der Waals surface area contributed by atoms with Crippen molar-refractivity contribution in [2.45, 2.75) is 38.0 Å². The minimum atomic E-state index is -4.35. The number of halogens is 3. The number of piperazine rings is 1. The van der Waals surface area contributed by atoms with Gasteiger partial charge >= 0.3 is 6.18 Å². The zero-order chi connectivity index (χ0) is 24.6. The van der Waals surface area contributed by atoms with Crippen LogP contribution in [0, 0.1) is 5.92 Å². The molecule has 3 aromatic rings. The normalized spacial score (nSPS) is 21.6. The van der Waals surface area contributed by atoms with Gasteiger partial charge in [0.1, 0.15) is 0 Å². The van der Waals surface area contributed by atoms with Gasteiger partial charge in [-0.25, -0.2) is 0 Å². The Morgan fingerprint density at radius 2 is 1.63 bits per heavy atom. The van der Waals surface area contributed by atoms with Gasteiger partial charge < -0.3 is 15.1 Å². The van der Waals surface area contributed by atoms with E-state index in [9.17, 15) is 18.0 Å². The Labute approximate surface area is 203 Å². The van der Waals surface area contributed by atoms with Crippen LogP contribution in [0.25, 0.3) is 10.8 Å². The Bertz CT molecular complexity index is 1190. The van der Waals surface area contributed by atoms with Gasteiger partial charge in [0.2, 0.25) is 5.91 Å². The Morgan fingerprint density at radius 3 is 2.37 bits per heavy atom. The Kier molecular flexibility index (Phi) is 6.45. The number of fused-ring (bicyclic) bond motifs is 1. The van der Waals surface area contributed by atoms with Crippen LogP contribution in [-0.4, -0.2) is 43.0 Å². The largest absolute Gasteiger partial charge is 0.416 e. The minimum Gasteiger partial charge on any atom is -0.368 e. The first-order valence-electron chi connectivity index (χ1n) is 12.2. The molecule has 35 heavy (non-hydrogen) atoms. The molecule has 1 aliphatic carbocycles. The van der Waals surface area contributed by atoms with Gasteiger partial charge in [0.25, 0.3) is 0 Å². The Morgan fingerprint density at radius 1 is 0.943 bits per heavy atom. The van der Waals surface area contributed by atoms with Crippen molar-refractivity contribution in [3.8, 4) is 0 Å². The second-order valence-corrected chi connectivity index (χ2v) is 9.68. The van der Waals surface area contributed by atoms with Gasteiger partial charge in [-0.2, -0.15) is 13.2 Å². The topological polar surface area (TPSA) is 35.6 Å². The standard InChI is InChI=1S/C28H30F3N3O/c1-19(25-11-4-7-20-6-2-3-10-26(20)25)32-23-16-21(17-23)27(35)34-14-12-33(13-15-34)24-9-5-8-22(18-24)28(29,30)31/h2-11,18-19,21,23,32H,12-17H2,1H3. The van der Waals surface area contributed by atoms with Gasteiger partial charge in [-0.1, -0.05) is 48.5 Å². The van der Waals surface area contributed by atoms with E-state index in [4.69, 9.17) is 0 Å². The number of carbonyl (C=O) groups is 1. The van der Waals surface area contributed by atoms with Crippen LogP contribution in [0.2, 0.25) is 0 Å². The highest BCUT2D eigenvalue weighted by atomic mass is 19.4. The summed E-state index contributed by atoms with van der Waals surface area (Å²) < 4.78 is 39.1. The maximum Gasteiger partial charge on any atom is 0.416 e. The predicted molar refractivity (Wildman–Crippen MR) is 132 cm³/mol. The zero-order valence-corrected chi connectivity index (χ0v) is 19.8. The molecule has 1 heterocycles. The van der Waals surface area contributed by atoms with Crippen molar-refractivity contribution >= 4 is 22.4 Å². The lowest BCUT2D eigenvalue weighted by atomic mass is 9.78. The van der Waals surface area contributed by atoms with E-state index < -0.39 is 11.7 Å². The van der Waals surface area contributed by atoms with Gasteiger partial charge in [0, 0.05) is 49.9 Å². The third-order valence-electron chi connectivity index (χ3n) is 7.39. The number of hydrogen-bond donors (Lipinski definition) is 1. The summed E-state index contributed by atoms with van der Waals surface area (Å²) in [5, 5.41) is 6.16. The fraction of sp³-hybridized carbons (Fsp3) is 0.393. The third-order valence-corrected chi connectivity index (χ3v) is 7.39. The first-order chi connectivity index (χ1) is 16.8. The van der Waals surface area contributed by atoms with Crippen LogP contribution in [0.15, 0.2) is 66.7 Å². The van der Waals surface area contributed by atoms with Crippen LogP contribution in [-0.2, 0) is 11.0 Å². The molecule has 2 aliphatic rings. The highest BCUT2D eigenvalue weighted by molar-refractivity contribution is 5.86. The number of amides is 1. The van der Waals surface area contributed by atoms with E-state index in [2.05, 4.69) is 48.6 Å². The van der Waals surface area contributed by atoms with E-state index in [1.54, 1.807) is 6.07 Å². The van der Waals surface area contributed by atoms with Crippen molar-refractivity contribution in [3.63, 3.8) is 0 Å². The molecule has 1 atom stereocenters. The van der Waals surface area contributed by atoms with Crippen molar-refractivity contribution in [2.75, 3.05) is 31.1 Å². The molecule has 1 amide bonds. The third kappa shape index (κ3) is 5.01. The molecule has 1 N–H and O–H groups in total. The van der Waals surface area contributed by atoms with Crippen molar-refractivity contribution in [1.82, 2.24) is 10.2 Å². The molecule has 0 radical (unpaired) electrons. The van der Waals surface area contributed by atoms with Crippen molar-refractivity contribution in [3.05, 3.63) is 77.9 Å². The van der Waals surface area contributed by atoms with Crippen LogP contribution in [0.1, 0.15) is 36.9 Å². The number of carbonyl (C=O) groups excluding carboxylic acids is 1. The SMILES string of the molecule is CC(NC1CC(C(=O)N2CCN(c3cccc(C(F)(F)F)c3)CC2)C1)c1cccc2ccccc12. The van der Waals surface area contributed by atoms with E-state index in [-0.39, 0.29) is 17.9 Å². The second-order valence-electron chi connectivity index (χ2n) is 9.68. The second kappa shape index (κ2) is 9.53. The maximum absolute atomic E-state index is 13.0. The van der Waals surface area contributed by atoms with Crippen LogP contribution in [0.3, 0.4) is 0 Å². The van der Waals surface area contributed by atoms with Crippen molar-refractivity contribution in [1.29, 1.82) is 0 Å². The molecule has 1 saturated carbocycles. The molecule has 184 valence electrons. The lowest BCUT2D eigenvalue weighted by Crippen LogP contribution is -2.54. The van der Waals surface area contributed by atoms with E-state index in [0.717, 1.165) is 18.9 Å². The molecule has 1 saturated heterocycles. The Hall–Kier alpha value is -3.06. The van der Waals surface area contributed by atoms with Crippen LogP contribution in [0.4, 0.5) is 18.9 Å². The van der Waals surface area contributed by atoms with Gasteiger partial charge in [-0.05, 0) is 54.3 Å². The summed E-state index contributed by atoms with van der Waals surface area (Å²) in [6, 6.07) is 20.7. The molecule has 7 heteroatoms. The number of nitrogens with one attached hydrogen (secondary N) is 1. The van der Waals surface area contributed by atoms with Crippen LogP contribution < -0.4 is 10.2 Å². The number of rotatable bonds is 5. The molecule has 4 nitrogen and oxygen atoms in total. The summed E-state index contributed by atoms with van der Waals surface area (Å²) in [4.78, 5) is 16.8. The molecule has 1 unspecified atom stereocenters. The molecule has 2 fully saturated rings. The maximum atomic E-state index is 13.0. The average Bonchev–Trinajstić information content (AvgIpc) is 2.85. The lowest BCUT2D eigenvalue weighted by molar-refractivity contribution is -0.139. The average molecular weight is 482 g/mol. The van der Waals surface area contributed by atoms with E-state index in [0.29, 0.717) is 37.9 Å². The van der Waals surface area contributed by atoms with E-state index in [1.165, 1.54) is 28.5 Å². The van der Waals surface area contributed by atoms with Gasteiger partial charge in [0.15, 0.2) is 0 Å². The number of benzene rings is 3. The molecule has 5 rings (SSSR count). The van der Waals surface area contributed by atoms with Crippen molar-refractivity contribution in [2.24, 2.45) is 5.92 Å². The fourth-order valence-electron chi connectivity index (χ4n) is 5.35. The lowest BCUT2D eigenvalue weighted by Gasteiger charge is -2.42. The van der Waals surface area contributed by atoms with Gasteiger partial charge in [-0.15, -0.1) is 0 Å². The molecule has 1 aliphatic heterocycles. The smallest absolute Gasteiger partial charge is 0.368 e. The van der Waals surface area contributed by atoms with Crippen LogP contribution >= 0.6 is 0 Å². The fourth-order valence-corrected chi connectivity index (χ4v) is 5.35. The quantitative estimate of drug-likeness (QED) is 0.513. The highest BCUT2D eigenvalue weighted by Gasteiger charge is 2.38. The molecule has 0 spiro atoms. The zero-order valence-electron chi connectivity index (χ0n) is 19.8. The van der Waals surface area contributed by atoms with Crippen molar-refractivity contribution < 1.29 is 18.0 Å². The monoisotopic (exact) mass is 481 g/mol. The summed E-state index contributed by atoms with van der Waals surface area (Å²) in [5.41, 5.74) is 1.19. The summed E-state index contributed by atoms with van der Waals surface area (Å²) in [6.45, 7) is 4.33. The Balaban J connectivity index is 1.12. The van der Waals surface area contributed by atoms with Crippen LogP contribution in [0.5, 0.6) is 0 Å². The molecule has 0 aromatic heterocycles. The predicted octanol–water partition coefficient (Wildman–Crippen LogP) is 5.64. The molecular formula is C28H30F3N3O. The summed E-state index contributed by atoms with van der Waals surface area (Å²) in [6.07, 6.45) is -2.71. The highest BCUT2D eigenvalue weighted by Crippen LogP contribution is 2.34. The summed E-state index contributed by atoms with van der Waals surface area (Å²) >= 11 is 0. The molecular weight excluding hydrogens is 451 g/mol. The molecule has 3 aromatic carbocycles.